The van der Waals surface area contributed by atoms with Gasteiger partial charge in [0.1, 0.15) is 12.4 Å². The molecule has 0 unspecified atom stereocenters. The molecule has 0 saturated carbocycles. The van der Waals surface area contributed by atoms with Gasteiger partial charge in [-0.25, -0.2) is 0 Å². The molecule has 0 amide bonds. The highest BCUT2D eigenvalue weighted by Gasteiger charge is 1.99. The highest BCUT2D eigenvalue weighted by Crippen LogP contribution is 2.12. The van der Waals surface area contributed by atoms with Crippen LogP contribution in [0.5, 0.6) is 5.75 Å². The molecule has 104 valence electrons. The van der Waals surface area contributed by atoms with Crippen molar-refractivity contribution >= 4 is 0 Å². The number of nitriles is 1. The summed E-state index contributed by atoms with van der Waals surface area (Å²) in [6, 6.07) is 9.82. The van der Waals surface area contributed by atoms with Crippen molar-refractivity contribution in [1.29, 1.82) is 5.26 Å². The number of nitrogens with zero attached hydrogens (tertiary/aromatic N) is 2. The minimum absolute atomic E-state index is 0.447. The van der Waals surface area contributed by atoms with Crippen LogP contribution in [0.4, 0.5) is 0 Å². The Bertz CT molecular complexity index is 384. The van der Waals surface area contributed by atoms with E-state index in [4.69, 9.17) is 14.7 Å². The molecule has 0 saturated heterocycles. The molecule has 1 aromatic carbocycles. The average Bonchev–Trinajstić information content (AvgIpc) is 2.41. The Hall–Kier alpha value is -1.57. The van der Waals surface area contributed by atoms with Crippen LogP contribution in [0.15, 0.2) is 24.3 Å². The van der Waals surface area contributed by atoms with Crippen molar-refractivity contribution in [2.24, 2.45) is 0 Å². The summed E-state index contributed by atoms with van der Waals surface area (Å²) < 4.78 is 10.7. The van der Waals surface area contributed by atoms with Gasteiger partial charge in [-0.15, -0.1) is 0 Å². The van der Waals surface area contributed by atoms with E-state index in [-0.39, 0.29) is 0 Å². The summed E-state index contributed by atoms with van der Waals surface area (Å²) >= 11 is 0. The third-order valence-corrected chi connectivity index (χ3v) is 2.84. The summed E-state index contributed by atoms with van der Waals surface area (Å²) in [6.07, 6.45) is 1.48. The Morgan fingerprint density at radius 2 is 1.89 bits per heavy atom. The Balaban J connectivity index is 2.20. The van der Waals surface area contributed by atoms with Gasteiger partial charge >= 0.3 is 0 Å². The van der Waals surface area contributed by atoms with Crippen molar-refractivity contribution in [2.75, 3.05) is 40.5 Å². The number of methoxy groups -OCH3 is 1. The first-order chi connectivity index (χ1) is 9.26. The number of benzene rings is 1. The van der Waals surface area contributed by atoms with Gasteiger partial charge in [0.05, 0.1) is 12.5 Å². The van der Waals surface area contributed by atoms with Crippen LogP contribution in [-0.4, -0.2) is 45.4 Å². The lowest BCUT2D eigenvalue weighted by molar-refractivity contribution is 0.172. The Morgan fingerprint density at radius 3 is 2.53 bits per heavy atom. The molecule has 0 fully saturated rings. The van der Waals surface area contributed by atoms with Crippen molar-refractivity contribution < 1.29 is 9.47 Å². The minimum Gasteiger partial charge on any atom is -0.492 e. The Labute approximate surface area is 115 Å². The van der Waals surface area contributed by atoms with Crippen LogP contribution in [0, 0.1) is 11.3 Å². The molecular formula is C15H22N2O2. The van der Waals surface area contributed by atoms with Crippen LogP contribution in [0.1, 0.15) is 12.0 Å². The van der Waals surface area contributed by atoms with Gasteiger partial charge in [0.15, 0.2) is 0 Å². The molecule has 1 aromatic rings. The Kier molecular flexibility index (Phi) is 7.64. The predicted octanol–water partition coefficient (Wildman–Crippen LogP) is 2.10. The molecule has 0 N–H and O–H groups in total. The summed E-state index contributed by atoms with van der Waals surface area (Å²) in [6.45, 7) is 3.37. The predicted molar refractivity (Wildman–Crippen MR) is 75.2 cm³/mol. The van der Waals surface area contributed by atoms with E-state index in [2.05, 4.69) is 18.0 Å². The zero-order chi connectivity index (χ0) is 13.9. The first-order valence-corrected chi connectivity index (χ1v) is 6.52. The van der Waals surface area contributed by atoms with Crippen LogP contribution in [0.25, 0.3) is 0 Å². The third-order valence-electron chi connectivity index (χ3n) is 2.84. The number of rotatable bonds is 9. The number of hydrogen-bond donors (Lipinski definition) is 0. The second kappa shape index (κ2) is 9.37. The van der Waals surface area contributed by atoms with Gasteiger partial charge in [-0.3, -0.25) is 0 Å². The summed E-state index contributed by atoms with van der Waals surface area (Å²) in [4.78, 5) is 2.23. The first kappa shape index (κ1) is 15.5. The number of ether oxygens (including phenoxy) is 2. The van der Waals surface area contributed by atoms with E-state index < -0.39 is 0 Å². The van der Waals surface area contributed by atoms with Crippen molar-refractivity contribution in [3.63, 3.8) is 0 Å². The fraction of sp³-hybridized carbons (Fsp3) is 0.533. The summed E-state index contributed by atoms with van der Waals surface area (Å²) in [7, 11) is 3.80. The zero-order valence-corrected chi connectivity index (χ0v) is 11.8. The number of hydrogen-bond acceptors (Lipinski definition) is 4. The van der Waals surface area contributed by atoms with E-state index >= 15 is 0 Å². The summed E-state index contributed by atoms with van der Waals surface area (Å²) in [5.74, 6) is 0.854. The second-order valence-electron chi connectivity index (χ2n) is 4.48. The van der Waals surface area contributed by atoms with Gasteiger partial charge in [-0.2, -0.15) is 5.26 Å². The molecule has 0 aliphatic carbocycles. The molecule has 0 aliphatic rings. The van der Waals surface area contributed by atoms with Gasteiger partial charge in [0.25, 0.3) is 0 Å². The van der Waals surface area contributed by atoms with E-state index in [1.54, 1.807) is 7.11 Å². The second-order valence-corrected chi connectivity index (χ2v) is 4.48. The van der Waals surface area contributed by atoms with E-state index in [1.807, 2.05) is 24.3 Å². The largest absolute Gasteiger partial charge is 0.492 e. The van der Waals surface area contributed by atoms with Crippen LogP contribution in [0.3, 0.4) is 0 Å². The van der Waals surface area contributed by atoms with Crippen LogP contribution < -0.4 is 4.74 Å². The van der Waals surface area contributed by atoms with Crippen molar-refractivity contribution in [3.8, 4) is 11.8 Å². The first-order valence-electron chi connectivity index (χ1n) is 6.52. The lowest BCUT2D eigenvalue weighted by atomic mass is 10.2. The standard InChI is InChI=1S/C15H22N2O2/c1-17(10-3-12-18-2)11-13-19-15-6-4-14(5-7-15)8-9-16/h4-7H,3,8,10-13H2,1-2H3. The van der Waals surface area contributed by atoms with Gasteiger partial charge in [0, 0.05) is 26.8 Å². The molecule has 19 heavy (non-hydrogen) atoms. The topological polar surface area (TPSA) is 45.5 Å². The molecule has 0 spiro atoms. The van der Waals surface area contributed by atoms with E-state index in [9.17, 15) is 0 Å². The monoisotopic (exact) mass is 262 g/mol. The molecule has 0 heterocycles. The van der Waals surface area contributed by atoms with Crippen molar-refractivity contribution in [2.45, 2.75) is 12.8 Å². The molecule has 0 atom stereocenters. The molecule has 0 bridgehead atoms. The van der Waals surface area contributed by atoms with Gasteiger partial charge in [0.2, 0.25) is 0 Å². The number of likely N-dealkylation sites (N-methyl/N-ethyl adjacent to an activating group) is 1. The van der Waals surface area contributed by atoms with E-state index in [0.29, 0.717) is 13.0 Å². The van der Waals surface area contributed by atoms with Crippen LogP contribution in [-0.2, 0) is 11.2 Å². The fourth-order valence-electron chi connectivity index (χ4n) is 1.70. The normalized spacial score (nSPS) is 10.4. The van der Waals surface area contributed by atoms with E-state index in [1.165, 1.54) is 0 Å². The fourth-order valence-corrected chi connectivity index (χ4v) is 1.70. The highest BCUT2D eigenvalue weighted by atomic mass is 16.5. The molecular weight excluding hydrogens is 240 g/mol. The lowest BCUT2D eigenvalue weighted by Gasteiger charge is -2.16. The molecule has 0 aromatic heterocycles. The lowest BCUT2D eigenvalue weighted by Crippen LogP contribution is -2.26. The van der Waals surface area contributed by atoms with Crippen LogP contribution >= 0.6 is 0 Å². The molecule has 4 nitrogen and oxygen atoms in total. The summed E-state index contributed by atoms with van der Waals surface area (Å²) in [5.41, 5.74) is 1.02. The average molecular weight is 262 g/mol. The maximum Gasteiger partial charge on any atom is 0.119 e. The van der Waals surface area contributed by atoms with Crippen LogP contribution in [0.2, 0.25) is 0 Å². The van der Waals surface area contributed by atoms with E-state index in [0.717, 1.165) is 37.4 Å². The van der Waals surface area contributed by atoms with Gasteiger partial charge in [-0.05, 0) is 31.2 Å². The quantitative estimate of drug-likeness (QED) is 0.639. The van der Waals surface area contributed by atoms with Gasteiger partial charge in [-0.1, -0.05) is 12.1 Å². The molecule has 0 radical (unpaired) electrons. The smallest absolute Gasteiger partial charge is 0.119 e. The zero-order valence-electron chi connectivity index (χ0n) is 11.8. The molecule has 1 rings (SSSR count). The SMILES string of the molecule is COCCCN(C)CCOc1ccc(CC#N)cc1. The molecule has 0 aliphatic heterocycles. The minimum atomic E-state index is 0.447. The maximum atomic E-state index is 8.58. The maximum absolute atomic E-state index is 8.58. The van der Waals surface area contributed by atoms with Gasteiger partial charge < -0.3 is 14.4 Å². The summed E-state index contributed by atoms with van der Waals surface area (Å²) in [5, 5.41) is 8.58. The van der Waals surface area contributed by atoms with Crippen molar-refractivity contribution in [1.82, 2.24) is 4.90 Å². The Morgan fingerprint density at radius 1 is 1.16 bits per heavy atom. The highest BCUT2D eigenvalue weighted by molar-refractivity contribution is 5.28. The van der Waals surface area contributed by atoms with Crippen molar-refractivity contribution in [3.05, 3.63) is 29.8 Å². The molecule has 4 heteroatoms. The third kappa shape index (κ3) is 6.80.